The van der Waals surface area contributed by atoms with Crippen molar-refractivity contribution in [3.05, 3.63) is 79.3 Å². The molecular weight excluding hydrogens is 452 g/mol. The monoisotopic (exact) mass is 473 g/mol. The summed E-state index contributed by atoms with van der Waals surface area (Å²) in [5, 5.41) is 6.27. The summed E-state index contributed by atoms with van der Waals surface area (Å²) in [5.74, 6) is -1.16. The van der Waals surface area contributed by atoms with E-state index >= 15 is 0 Å². The minimum atomic E-state index is -1.11. The fourth-order valence-electron chi connectivity index (χ4n) is 3.54. The predicted octanol–water partition coefficient (Wildman–Crippen LogP) is 5.79. The lowest BCUT2D eigenvalue weighted by molar-refractivity contribution is -0.114. The first kappa shape index (κ1) is 22.4. The standard InChI is InChI=1S/C26H21F2N5O2/c1-15(27)26(34)33-23-11-19-22(12-24(23)35-13-16-6-7-16)30-14-31-25(19)32-17-8-9-29-21(10-17)18-4-2-3-5-20(18)28/h2-5,8-12,14,16H,1,6-7,13H2,(H,33,34)(H,29,30,31,32). The molecule has 2 N–H and O–H groups in total. The van der Waals surface area contributed by atoms with Crippen LogP contribution in [0.4, 0.5) is 26.0 Å². The molecule has 0 radical (unpaired) electrons. The van der Waals surface area contributed by atoms with Gasteiger partial charge in [-0.05, 0) is 49.1 Å². The Balaban J connectivity index is 1.50. The van der Waals surface area contributed by atoms with E-state index in [-0.39, 0.29) is 11.5 Å². The lowest BCUT2D eigenvalue weighted by Crippen LogP contribution is -2.13. The van der Waals surface area contributed by atoms with Gasteiger partial charge >= 0.3 is 0 Å². The first-order valence-corrected chi connectivity index (χ1v) is 11.0. The molecule has 176 valence electrons. The fourth-order valence-corrected chi connectivity index (χ4v) is 3.54. The number of nitrogens with zero attached hydrogens (tertiary/aromatic N) is 3. The average Bonchev–Trinajstić information content (AvgIpc) is 3.68. The minimum Gasteiger partial charge on any atom is -0.491 e. The molecule has 7 nitrogen and oxygen atoms in total. The molecule has 1 fully saturated rings. The van der Waals surface area contributed by atoms with Crippen LogP contribution in [-0.2, 0) is 4.79 Å². The van der Waals surface area contributed by atoms with Gasteiger partial charge in [0.15, 0.2) is 5.83 Å². The van der Waals surface area contributed by atoms with Crippen molar-refractivity contribution >= 4 is 34.0 Å². The number of rotatable bonds is 8. The number of benzene rings is 2. The Kier molecular flexibility index (Phi) is 6.05. The van der Waals surface area contributed by atoms with E-state index in [9.17, 15) is 13.6 Å². The molecule has 35 heavy (non-hydrogen) atoms. The van der Waals surface area contributed by atoms with E-state index in [1.54, 1.807) is 48.7 Å². The molecular formula is C26H21F2N5O2. The van der Waals surface area contributed by atoms with E-state index in [4.69, 9.17) is 4.74 Å². The van der Waals surface area contributed by atoms with Crippen molar-refractivity contribution in [2.45, 2.75) is 12.8 Å². The highest BCUT2D eigenvalue weighted by Gasteiger charge is 2.23. The third kappa shape index (κ3) is 5.08. The van der Waals surface area contributed by atoms with Crippen LogP contribution in [0.2, 0.25) is 0 Å². The third-order valence-electron chi connectivity index (χ3n) is 5.58. The topological polar surface area (TPSA) is 89.0 Å². The zero-order valence-corrected chi connectivity index (χ0v) is 18.6. The molecule has 4 aromatic rings. The smallest absolute Gasteiger partial charge is 0.283 e. The number of ether oxygens (including phenoxy) is 1. The molecule has 0 bridgehead atoms. The summed E-state index contributed by atoms with van der Waals surface area (Å²) < 4.78 is 33.5. The second-order valence-electron chi connectivity index (χ2n) is 8.24. The lowest BCUT2D eigenvalue weighted by Gasteiger charge is -2.15. The number of aromatic nitrogens is 3. The van der Waals surface area contributed by atoms with Gasteiger partial charge in [0.2, 0.25) is 0 Å². The number of nitrogens with one attached hydrogen (secondary N) is 2. The number of amides is 1. The van der Waals surface area contributed by atoms with Gasteiger partial charge < -0.3 is 15.4 Å². The number of carbonyl (C=O) groups excluding carboxylic acids is 1. The van der Waals surface area contributed by atoms with E-state index in [1.165, 1.54) is 12.4 Å². The highest BCUT2D eigenvalue weighted by molar-refractivity contribution is 6.05. The average molecular weight is 473 g/mol. The van der Waals surface area contributed by atoms with Crippen molar-refractivity contribution in [2.75, 3.05) is 17.2 Å². The molecule has 9 heteroatoms. The summed E-state index contributed by atoms with van der Waals surface area (Å²) in [6.45, 7) is 3.55. The number of pyridine rings is 1. The van der Waals surface area contributed by atoms with Crippen molar-refractivity contribution in [3.8, 4) is 17.0 Å². The first-order chi connectivity index (χ1) is 17.0. The highest BCUT2D eigenvalue weighted by atomic mass is 19.1. The summed E-state index contributed by atoms with van der Waals surface area (Å²) in [6, 6.07) is 13.1. The van der Waals surface area contributed by atoms with Crippen LogP contribution >= 0.6 is 0 Å². The fraction of sp³-hybridized carbons (Fsp3) is 0.154. The molecule has 0 aliphatic heterocycles. The lowest BCUT2D eigenvalue weighted by atomic mass is 10.1. The minimum absolute atomic E-state index is 0.279. The molecule has 2 aromatic heterocycles. The van der Waals surface area contributed by atoms with E-state index in [0.717, 1.165) is 12.8 Å². The summed E-state index contributed by atoms with van der Waals surface area (Å²) in [5.41, 5.74) is 2.29. The predicted molar refractivity (Wildman–Crippen MR) is 130 cm³/mol. The molecule has 0 atom stereocenters. The van der Waals surface area contributed by atoms with Crippen LogP contribution in [0.3, 0.4) is 0 Å². The number of halogens is 2. The maximum absolute atomic E-state index is 14.2. The van der Waals surface area contributed by atoms with Crippen molar-refractivity contribution in [1.82, 2.24) is 15.0 Å². The summed E-state index contributed by atoms with van der Waals surface area (Å²) in [4.78, 5) is 24.9. The number of anilines is 3. The van der Waals surface area contributed by atoms with Gasteiger partial charge in [0.05, 0.1) is 23.5 Å². The molecule has 0 unspecified atom stereocenters. The van der Waals surface area contributed by atoms with Crippen LogP contribution < -0.4 is 15.4 Å². The maximum atomic E-state index is 14.2. The Labute approximate surface area is 199 Å². The highest BCUT2D eigenvalue weighted by Crippen LogP contribution is 2.36. The number of hydrogen-bond acceptors (Lipinski definition) is 6. The van der Waals surface area contributed by atoms with Crippen LogP contribution in [0.25, 0.3) is 22.2 Å². The third-order valence-corrected chi connectivity index (χ3v) is 5.58. The Bertz CT molecular complexity index is 1440. The molecule has 0 spiro atoms. The molecule has 2 aromatic carbocycles. The zero-order valence-electron chi connectivity index (χ0n) is 18.6. The Morgan fingerprint density at radius 2 is 1.94 bits per heavy atom. The molecule has 0 saturated heterocycles. The number of carbonyl (C=O) groups is 1. The van der Waals surface area contributed by atoms with Crippen molar-refractivity contribution in [2.24, 2.45) is 5.92 Å². The summed E-state index contributed by atoms with van der Waals surface area (Å²) >= 11 is 0. The normalized spacial score (nSPS) is 12.9. The number of fused-ring (bicyclic) bond motifs is 1. The van der Waals surface area contributed by atoms with Gasteiger partial charge in [-0.3, -0.25) is 9.78 Å². The van der Waals surface area contributed by atoms with Gasteiger partial charge in [-0.2, -0.15) is 0 Å². The van der Waals surface area contributed by atoms with E-state index in [2.05, 4.69) is 32.2 Å². The van der Waals surface area contributed by atoms with E-state index in [1.807, 2.05) is 0 Å². The molecule has 1 aliphatic rings. The van der Waals surface area contributed by atoms with Crippen LogP contribution in [0.5, 0.6) is 5.75 Å². The Hall–Kier alpha value is -4.40. The number of hydrogen-bond donors (Lipinski definition) is 2. The van der Waals surface area contributed by atoms with Crippen molar-refractivity contribution in [3.63, 3.8) is 0 Å². The quantitative estimate of drug-likeness (QED) is 0.315. The SMILES string of the molecule is C=C(F)C(=O)Nc1cc2c(Nc3ccnc(-c4ccccc4F)c3)ncnc2cc1OCC1CC1. The molecule has 2 heterocycles. The van der Waals surface area contributed by atoms with Crippen LogP contribution in [0, 0.1) is 11.7 Å². The maximum Gasteiger partial charge on any atom is 0.283 e. The molecule has 1 amide bonds. The van der Waals surface area contributed by atoms with Gasteiger partial charge in [0, 0.05) is 28.9 Å². The van der Waals surface area contributed by atoms with Crippen molar-refractivity contribution < 1.29 is 18.3 Å². The van der Waals surface area contributed by atoms with Gasteiger partial charge in [-0.25, -0.2) is 18.7 Å². The van der Waals surface area contributed by atoms with E-state index < -0.39 is 11.7 Å². The van der Waals surface area contributed by atoms with Gasteiger partial charge in [-0.1, -0.05) is 18.7 Å². The summed E-state index contributed by atoms with van der Waals surface area (Å²) in [7, 11) is 0. The van der Waals surface area contributed by atoms with Crippen LogP contribution in [-0.4, -0.2) is 27.5 Å². The van der Waals surface area contributed by atoms with Gasteiger partial charge in [-0.15, -0.1) is 0 Å². The Morgan fingerprint density at radius 3 is 2.71 bits per heavy atom. The zero-order chi connectivity index (χ0) is 24.4. The van der Waals surface area contributed by atoms with Crippen molar-refractivity contribution in [1.29, 1.82) is 0 Å². The van der Waals surface area contributed by atoms with Crippen LogP contribution in [0.15, 0.2) is 73.5 Å². The summed E-state index contributed by atoms with van der Waals surface area (Å²) in [6.07, 6.45) is 5.15. The second kappa shape index (κ2) is 9.46. The largest absolute Gasteiger partial charge is 0.491 e. The molecule has 5 rings (SSSR count). The molecule has 1 aliphatic carbocycles. The van der Waals surface area contributed by atoms with Crippen LogP contribution in [0.1, 0.15) is 12.8 Å². The second-order valence-corrected chi connectivity index (χ2v) is 8.24. The van der Waals surface area contributed by atoms with Gasteiger partial charge in [0.25, 0.3) is 5.91 Å². The first-order valence-electron chi connectivity index (χ1n) is 11.0. The Morgan fingerprint density at radius 1 is 1.11 bits per heavy atom. The van der Waals surface area contributed by atoms with Gasteiger partial charge in [0.1, 0.15) is 23.7 Å². The van der Waals surface area contributed by atoms with E-state index in [0.29, 0.717) is 51.9 Å². The molecule has 1 saturated carbocycles.